The minimum absolute atomic E-state index is 0.181. The van der Waals surface area contributed by atoms with E-state index >= 15 is 0 Å². The normalized spacial score (nSPS) is 14.4. The molecule has 0 atom stereocenters. The molecule has 0 saturated carbocycles. The van der Waals surface area contributed by atoms with E-state index in [2.05, 4.69) is 29.2 Å². The lowest BCUT2D eigenvalue weighted by Crippen LogP contribution is -3.61. The molecule has 1 heterocycles. The summed E-state index contributed by atoms with van der Waals surface area (Å²) in [6.07, 6.45) is 2.56. The topological polar surface area (TPSA) is 46.4 Å². The molecule has 2 aromatic carbocycles. The van der Waals surface area contributed by atoms with Crippen molar-refractivity contribution < 1.29 is 26.1 Å². The number of benzene rings is 2. The third-order valence-electron chi connectivity index (χ3n) is 3.54. The Balaban J connectivity index is 1.72. The minimum Gasteiger partial charge on any atom is -0.372 e. The first-order valence-corrected chi connectivity index (χ1v) is 9.12. The van der Waals surface area contributed by atoms with Crippen molar-refractivity contribution in [2.45, 2.75) is 12.8 Å². The lowest BCUT2D eigenvalue weighted by molar-refractivity contribution is -0.597. The highest BCUT2D eigenvalue weighted by Crippen LogP contribution is 2.18. The van der Waals surface area contributed by atoms with Gasteiger partial charge in [0.1, 0.15) is 0 Å². The monoisotopic (exact) mass is 395 g/mol. The van der Waals surface area contributed by atoms with Crippen LogP contribution in [0.2, 0.25) is 0 Å². The molecule has 1 aliphatic heterocycles. The highest BCUT2D eigenvalue weighted by molar-refractivity contribution is 5.46. The Hall–Kier alpha value is -1.63. The average Bonchev–Trinajstić information content (AvgIpc) is 3.02. The lowest BCUT2D eigenvalue weighted by Gasteiger charge is -2.16. The van der Waals surface area contributed by atoms with Crippen molar-refractivity contribution in [2.24, 2.45) is 0 Å². The van der Waals surface area contributed by atoms with Crippen molar-refractivity contribution >= 4 is 11.4 Å². The van der Waals surface area contributed by atoms with Crippen LogP contribution in [0.4, 0.5) is 11.4 Å². The maximum absolute atomic E-state index is 10.8. The van der Waals surface area contributed by atoms with Crippen LogP contribution in [0, 0.1) is 17.3 Å². The molecule has 1 aliphatic rings. The van der Waals surface area contributed by atoms with Crippen molar-refractivity contribution in [2.75, 3.05) is 18.0 Å². The fourth-order valence-electron chi connectivity index (χ4n) is 2.46. The average molecular weight is 395 g/mol. The van der Waals surface area contributed by atoms with Crippen LogP contribution in [0.5, 0.6) is 0 Å². The molecule has 21 heavy (non-hydrogen) atoms. The summed E-state index contributed by atoms with van der Waals surface area (Å²) < 4.78 is 2.37. The smallest absolute Gasteiger partial charge is 0.358 e. The molecule has 0 N–H and O–H groups in total. The minimum atomic E-state index is -0.363. The van der Waals surface area contributed by atoms with E-state index < -0.39 is 0 Å². The third kappa shape index (κ3) is 3.53. The van der Waals surface area contributed by atoms with Gasteiger partial charge in [0.05, 0.1) is 11.0 Å². The van der Waals surface area contributed by atoms with Crippen molar-refractivity contribution in [3.63, 3.8) is 0 Å². The molecule has 3 rings (SSSR count). The van der Waals surface area contributed by atoms with Gasteiger partial charge in [-0.05, 0) is 43.2 Å². The largest absolute Gasteiger partial charge is 0.372 e. The van der Waals surface area contributed by atoms with Gasteiger partial charge in [0.2, 0.25) is 3.57 Å². The number of nitro benzene ring substituents is 1. The molecule has 0 amide bonds. The van der Waals surface area contributed by atoms with Crippen LogP contribution in [0.3, 0.4) is 0 Å². The SMILES string of the molecule is O=[N+]([O-])c1cccc([I+]c2ccc(N3CCCC3)cc2)c1. The number of hydrogen-bond acceptors (Lipinski definition) is 3. The molecule has 4 nitrogen and oxygen atoms in total. The van der Waals surface area contributed by atoms with E-state index in [-0.39, 0.29) is 31.8 Å². The highest BCUT2D eigenvalue weighted by atomic mass is 127. The van der Waals surface area contributed by atoms with E-state index in [1.807, 2.05) is 6.07 Å². The molecule has 0 aromatic heterocycles. The Labute approximate surface area is 134 Å². The first-order chi connectivity index (χ1) is 10.2. The van der Waals surface area contributed by atoms with Crippen LogP contribution in [-0.2, 0) is 0 Å². The van der Waals surface area contributed by atoms with E-state index in [0.717, 1.165) is 16.7 Å². The van der Waals surface area contributed by atoms with Crippen LogP contribution < -0.4 is 26.1 Å². The zero-order valence-corrected chi connectivity index (χ0v) is 13.7. The number of rotatable bonds is 4. The Morgan fingerprint density at radius 3 is 2.38 bits per heavy atom. The van der Waals surface area contributed by atoms with Crippen LogP contribution >= 0.6 is 0 Å². The van der Waals surface area contributed by atoms with Gasteiger partial charge in [0.15, 0.2) is 3.57 Å². The van der Waals surface area contributed by atoms with E-state index in [9.17, 15) is 10.1 Å². The van der Waals surface area contributed by atoms with E-state index in [1.54, 1.807) is 18.2 Å². The van der Waals surface area contributed by atoms with Crippen molar-refractivity contribution in [1.29, 1.82) is 0 Å². The highest BCUT2D eigenvalue weighted by Gasteiger charge is 2.19. The first kappa shape index (κ1) is 14.3. The Bertz CT molecular complexity index is 637. The van der Waals surface area contributed by atoms with Gasteiger partial charge < -0.3 is 4.90 Å². The summed E-state index contributed by atoms with van der Waals surface area (Å²) in [7, 11) is 0. The molecule has 108 valence electrons. The van der Waals surface area contributed by atoms with Crippen LogP contribution in [-0.4, -0.2) is 18.0 Å². The van der Waals surface area contributed by atoms with Gasteiger partial charge in [-0.2, -0.15) is 0 Å². The van der Waals surface area contributed by atoms with Gasteiger partial charge in [-0.3, -0.25) is 10.1 Å². The van der Waals surface area contributed by atoms with Gasteiger partial charge in [-0.15, -0.1) is 0 Å². The molecule has 0 bridgehead atoms. The molecule has 1 saturated heterocycles. The van der Waals surface area contributed by atoms with Gasteiger partial charge >= 0.3 is 21.2 Å². The molecular weight excluding hydrogens is 379 g/mol. The molecule has 2 aromatic rings. The molecule has 1 fully saturated rings. The van der Waals surface area contributed by atoms with E-state index in [1.165, 1.54) is 22.1 Å². The van der Waals surface area contributed by atoms with Crippen molar-refractivity contribution in [3.8, 4) is 0 Å². The van der Waals surface area contributed by atoms with Gasteiger partial charge in [-0.25, -0.2) is 0 Å². The first-order valence-electron chi connectivity index (χ1n) is 6.97. The summed E-state index contributed by atoms with van der Waals surface area (Å²) in [6, 6.07) is 15.7. The number of nitrogens with zero attached hydrogens (tertiary/aromatic N) is 2. The number of non-ortho nitro benzene ring substituents is 1. The van der Waals surface area contributed by atoms with E-state index in [4.69, 9.17) is 0 Å². The zero-order chi connectivity index (χ0) is 14.7. The second kappa shape index (κ2) is 6.43. The lowest BCUT2D eigenvalue weighted by atomic mass is 10.3. The van der Waals surface area contributed by atoms with Gasteiger partial charge in [-0.1, -0.05) is 6.07 Å². The zero-order valence-electron chi connectivity index (χ0n) is 11.5. The summed E-state index contributed by atoms with van der Waals surface area (Å²) in [4.78, 5) is 12.9. The Morgan fingerprint density at radius 2 is 1.71 bits per heavy atom. The number of hydrogen-bond donors (Lipinski definition) is 0. The van der Waals surface area contributed by atoms with Gasteiger partial charge in [0, 0.05) is 24.8 Å². The summed E-state index contributed by atoms with van der Waals surface area (Å²) in [5.41, 5.74) is 1.47. The third-order valence-corrected chi connectivity index (χ3v) is 6.17. The predicted octanol–water partition coefficient (Wildman–Crippen LogP) is 0.323. The maximum atomic E-state index is 10.8. The van der Waals surface area contributed by atoms with Crippen LogP contribution in [0.25, 0.3) is 0 Å². The van der Waals surface area contributed by atoms with Crippen LogP contribution in [0.15, 0.2) is 48.5 Å². The Morgan fingerprint density at radius 1 is 1.00 bits per heavy atom. The molecule has 0 aliphatic carbocycles. The molecule has 0 unspecified atom stereocenters. The second-order valence-electron chi connectivity index (χ2n) is 5.00. The molecule has 5 heteroatoms. The molecule has 0 radical (unpaired) electrons. The van der Waals surface area contributed by atoms with Crippen molar-refractivity contribution in [1.82, 2.24) is 0 Å². The second-order valence-corrected chi connectivity index (χ2v) is 8.03. The van der Waals surface area contributed by atoms with Gasteiger partial charge in [0.25, 0.3) is 5.69 Å². The quantitative estimate of drug-likeness (QED) is 0.426. The number of halogens is 1. The fourth-order valence-corrected chi connectivity index (χ4v) is 4.77. The van der Waals surface area contributed by atoms with Crippen molar-refractivity contribution in [3.05, 3.63) is 65.8 Å². The van der Waals surface area contributed by atoms with E-state index in [0.29, 0.717) is 0 Å². The summed E-state index contributed by atoms with van der Waals surface area (Å²) in [5, 5.41) is 10.8. The number of nitro groups is 1. The number of anilines is 1. The fraction of sp³-hybridized carbons (Fsp3) is 0.250. The standard InChI is InChI=1S/C16H16IN2O2/c20-19(21)16-5-3-4-14(12-16)17-13-6-8-15(9-7-13)18-10-1-2-11-18/h3-9,12H,1-2,10-11H2/q+1. The summed E-state index contributed by atoms with van der Waals surface area (Å²) in [5.74, 6) is 0. The summed E-state index contributed by atoms with van der Waals surface area (Å²) >= 11 is -0.363. The predicted molar refractivity (Wildman–Crippen MR) is 78.4 cm³/mol. The Kier molecular flexibility index (Phi) is 4.38. The summed E-state index contributed by atoms with van der Waals surface area (Å²) in [6.45, 7) is 2.30. The molecular formula is C16H16IN2O2+. The molecule has 0 spiro atoms. The maximum Gasteiger partial charge on any atom is 0.358 e. The van der Waals surface area contributed by atoms with Crippen LogP contribution in [0.1, 0.15) is 12.8 Å².